The molecule has 4 aromatic rings. The van der Waals surface area contributed by atoms with Crippen molar-refractivity contribution < 1.29 is 37.5 Å². The maximum Gasteiger partial charge on any atom is 0.262 e. The molecule has 1 unspecified atom stereocenters. The molecule has 17 heteroatoms. The van der Waals surface area contributed by atoms with Gasteiger partial charge in [-0.2, -0.15) is 0 Å². The minimum atomic E-state index is -1.13. The van der Waals surface area contributed by atoms with E-state index in [1.165, 1.54) is 43.8 Å². The van der Waals surface area contributed by atoms with Crippen LogP contribution in [-0.2, 0) is 20.9 Å². The van der Waals surface area contributed by atoms with Crippen molar-refractivity contribution in [2.45, 2.75) is 25.4 Å². The van der Waals surface area contributed by atoms with Crippen LogP contribution in [0.3, 0.4) is 0 Å². The second kappa shape index (κ2) is 15.3. The molecule has 2 saturated heterocycles. The molecule has 0 radical (unpaired) electrons. The fraction of sp³-hybridized carbons (Fsp3) is 0.270. The smallest absolute Gasteiger partial charge is 0.262 e. The average molecular weight is 759 g/mol. The lowest BCUT2D eigenvalue weighted by atomic mass is 10.0. The lowest BCUT2D eigenvalue weighted by Gasteiger charge is -2.34. The molecule has 54 heavy (non-hydrogen) atoms. The summed E-state index contributed by atoms with van der Waals surface area (Å²) in [4.78, 5) is 76.7. The molecule has 3 aliphatic rings. The molecule has 7 rings (SSSR count). The Morgan fingerprint density at radius 3 is 2.44 bits per heavy atom. The first kappa shape index (κ1) is 36.5. The van der Waals surface area contributed by atoms with E-state index in [9.17, 15) is 28.4 Å². The summed E-state index contributed by atoms with van der Waals surface area (Å²) in [5.74, 6) is -3.41. The monoisotopic (exact) mass is 758 g/mol. The van der Waals surface area contributed by atoms with Crippen LogP contribution in [0.15, 0.2) is 60.9 Å². The van der Waals surface area contributed by atoms with Crippen molar-refractivity contribution in [3.8, 4) is 5.75 Å². The number of aromatic nitrogens is 2. The van der Waals surface area contributed by atoms with E-state index in [1.54, 1.807) is 18.2 Å². The van der Waals surface area contributed by atoms with Crippen LogP contribution in [0, 0.1) is 11.6 Å². The van der Waals surface area contributed by atoms with Gasteiger partial charge in [0.05, 0.1) is 34.5 Å². The molecule has 0 spiro atoms. The highest BCUT2D eigenvalue weighted by molar-refractivity contribution is 6.31. The van der Waals surface area contributed by atoms with Gasteiger partial charge in [-0.05, 0) is 42.8 Å². The highest BCUT2D eigenvalue weighted by Gasteiger charge is 2.45. The van der Waals surface area contributed by atoms with E-state index in [2.05, 4.69) is 30.8 Å². The molecule has 3 aliphatic heterocycles. The molecule has 0 saturated carbocycles. The van der Waals surface area contributed by atoms with Crippen molar-refractivity contribution in [2.24, 2.45) is 0 Å². The molecule has 0 aliphatic carbocycles. The molecule has 4 heterocycles. The molecule has 3 aromatic carbocycles. The number of hydrogen-bond donors (Lipinski definition) is 3. The number of methoxy groups -OCH3 is 1. The molecule has 278 valence electrons. The van der Waals surface area contributed by atoms with Gasteiger partial charge in [0.15, 0.2) is 0 Å². The highest BCUT2D eigenvalue weighted by Crippen LogP contribution is 2.34. The number of imide groups is 2. The van der Waals surface area contributed by atoms with Crippen LogP contribution in [0.2, 0.25) is 5.02 Å². The Balaban J connectivity index is 0.936. The number of hydrogen-bond acceptors (Lipinski definition) is 11. The number of piperazine rings is 1. The van der Waals surface area contributed by atoms with Crippen LogP contribution < -0.4 is 20.7 Å². The quantitative estimate of drug-likeness (QED) is 0.158. The van der Waals surface area contributed by atoms with Gasteiger partial charge in [0.1, 0.15) is 35.6 Å². The van der Waals surface area contributed by atoms with Crippen LogP contribution in [-0.4, -0.2) is 100 Å². The number of benzene rings is 3. The fourth-order valence-corrected chi connectivity index (χ4v) is 6.85. The number of carbonyl (C=O) groups excluding carboxylic acids is 5. The number of amides is 5. The third-order valence-electron chi connectivity index (χ3n) is 9.50. The Bertz CT molecular complexity index is 2250. The molecular weight excluding hydrogens is 726 g/mol. The Morgan fingerprint density at radius 2 is 1.72 bits per heavy atom. The summed E-state index contributed by atoms with van der Waals surface area (Å²) in [6, 6.07) is 8.84. The standard InChI is InChI=1S/C37H33ClF2N8O6/c1-54-31-17-28-24(34(42-19-41-28)43-21-4-5-26(39)25(38)14-21)16-29(31)44-32(49)3-2-8-46-9-11-47(12-10-46)18-20-13-22-23(15-27(20)40)37(53)48(36(22)52)30-6-7-33(50)45-35(30)51/h2-5,13-17,19,30H,6-12,18H2,1H3,(H,44,49)(H,41,42,43)(H,45,50,51)/b3-2+. The Hall–Kier alpha value is -5.84. The highest BCUT2D eigenvalue weighted by atomic mass is 35.5. The zero-order valence-corrected chi connectivity index (χ0v) is 29.6. The summed E-state index contributed by atoms with van der Waals surface area (Å²) in [5, 5.41) is 8.62. The van der Waals surface area contributed by atoms with Gasteiger partial charge in [0.2, 0.25) is 17.7 Å². The molecule has 3 N–H and O–H groups in total. The van der Waals surface area contributed by atoms with Crippen LogP contribution >= 0.6 is 11.6 Å². The minimum Gasteiger partial charge on any atom is -0.494 e. The van der Waals surface area contributed by atoms with Gasteiger partial charge >= 0.3 is 0 Å². The van der Waals surface area contributed by atoms with Crippen molar-refractivity contribution in [3.63, 3.8) is 0 Å². The zero-order chi connectivity index (χ0) is 38.1. The van der Waals surface area contributed by atoms with E-state index in [0.717, 1.165) is 11.0 Å². The SMILES string of the molecule is COc1cc2ncnc(Nc3ccc(F)c(Cl)c3)c2cc1NC(=O)/C=C/CN1CCN(Cc2cc3c(cc2F)C(=O)N(C2CCC(=O)NC2=O)C3=O)CC1. The number of nitrogens with zero attached hydrogens (tertiary/aromatic N) is 5. The number of fused-ring (bicyclic) bond motifs is 2. The summed E-state index contributed by atoms with van der Waals surface area (Å²) in [5.41, 5.74) is 1.62. The normalized spacial score (nSPS) is 18.0. The minimum absolute atomic E-state index is 0.00712. The number of nitrogens with one attached hydrogen (secondary N) is 3. The topological polar surface area (TPSA) is 166 Å². The summed E-state index contributed by atoms with van der Waals surface area (Å²) >= 11 is 5.93. The molecule has 2 fully saturated rings. The Morgan fingerprint density at radius 1 is 0.981 bits per heavy atom. The largest absolute Gasteiger partial charge is 0.494 e. The van der Waals surface area contributed by atoms with Gasteiger partial charge in [0, 0.05) is 74.5 Å². The second-order valence-electron chi connectivity index (χ2n) is 13.0. The maximum absolute atomic E-state index is 15.2. The third-order valence-corrected chi connectivity index (χ3v) is 9.78. The van der Waals surface area contributed by atoms with E-state index in [0.29, 0.717) is 66.6 Å². The predicted molar refractivity (Wildman–Crippen MR) is 193 cm³/mol. The van der Waals surface area contributed by atoms with Crippen molar-refractivity contribution in [3.05, 3.63) is 94.3 Å². The lowest BCUT2D eigenvalue weighted by Crippen LogP contribution is -2.54. The predicted octanol–water partition coefficient (Wildman–Crippen LogP) is 4.03. The fourth-order valence-electron chi connectivity index (χ4n) is 6.67. The molecular formula is C37H33ClF2N8O6. The van der Waals surface area contributed by atoms with Gasteiger partial charge in [-0.25, -0.2) is 18.7 Å². The first-order valence-electron chi connectivity index (χ1n) is 17.0. The van der Waals surface area contributed by atoms with Crippen molar-refractivity contribution >= 4 is 69.2 Å². The molecule has 1 aromatic heterocycles. The molecule has 0 bridgehead atoms. The number of ether oxygens (including phenoxy) is 1. The van der Waals surface area contributed by atoms with Crippen molar-refractivity contribution in [2.75, 3.05) is 50.5 Å². The third kappa shape index (κ3) is 7.48. The van der Waals surface area contributed by atoms with Crippen LogP contribution in [0.25, 0.3) is 10.9 Å². The molecule has 5 amide bonds. The van der Waals surface area contributed by atoms with E-state index in [-0.39, 0.29) is 47.0 Å². The number of piperidine rings is 1. The van der Waals surface area contributed by atoms with Gasteiger partial charge in [-0.15, -0.1) is 0 Å². The van der Waals surface area contributed by atoms with Crippen molar-refractivity contribution in [1.82, 2.24) is 30.0 Å². The van der Waals surface area contributed by atoms with E-state index < -0.39 is 41.3 Å². The number of anilines is 3. The molecule has 1 atom stereocenters. The summed E-state index contributed by atoms with van der Waals surface area (Å²) in [6.07, 6.45) is 4.54. The van der Waals surface area contributed by atoms with Gasteiger partial charge in [-0.1, -0.05) is 17.7 Å². The zero-order valence-electron chi connectivity index (χ0n) is 28.8. The molecule has 14 nitrogen and oxygen atoms in total. The van der Waals surface area contributed by atoms with Gasteiger partial charge in [0.25, 0.3) is 11.8 Å². The summed E-state index contributed by atoms with van der Waals surface area (Å²) in [7, 11) is 1.48. The first-order chi connectivity index (χ1) is 26.0. The second-order valence-corrected chi connectivity index (χ2v) is 13.4. The summed E-state index contributed by atoms with van der Waals surface area (Å²) < 4.78 is 34.4. The lowest BCUT2D eigenvalue weighted by molar-refractivity contribution is -0.136. The summed E-state index contributed by atoms with van der Waals surface area (Å²) in [6.45, 7) is 3.13. The number of rotatable bonds is 10. The Kier molecular flexibility index (Phi) is 10.3. The number of halogens is 3. The van der Waals surface area contributed by atoms with Crippen molar-refractivity contribution in [1.29, 1.82) is 0 Å². The van der Waals surface area contributed by atoms with Crippen LogP contribution in [0.5, 0.6) is 5.75 Å². The number of carbonyl (C=O) groups is 5. The van der Waals surface area contributed by atoms with E-state index in [4.69, 9.17) is 16.3 Å². The Labute approximate surface area is 312 Å². The van der Waals surface area contributed by atoms with Gasteiger partial charge < -0.3 is 15.4 Å². The first-order valence-corrected chi connectivity index (χ1v) is 17.4. The van der Waals surface area contributed by atoms with E-state index in [1.807, 2.05) is 4.90 Å². The van der Waals surface area contributed by atoms with Crippen LogP contribution in [0.1, 0.15) is 39.1 Å². The maximum atomic E-state index is 15.2. The van der Waals surface area contributed by atoms with Crippen LogP contribution in [0.4, 0.5) is 26.0 Å². The van der Waals surface area contributed by atoms with Gasteiger partial charge in [-0.3, -0.25) is 44.0 Å². The van der Waals surface area contributed by atoms with E-state index >= 15 is 4.39 Å². The average Bonchev–Trinajstić information content (AvgIpc) is 3.38.